The molecule has 0 aliphatic rings. The van der Waals surface area contributed by atoms with E-state index >= 15 is 0 Å². The standard InChI is InChI=1S/C9H10F.BrH.Mg/c1-2-4-8-5-3-6-9(10)7-8;;/h3,5-7H,1-2,4H2;1H;/q;;+1/p-1. The topological polar surface area (TPSA) is 0 Å². The van der Waals surface area contributed by atoms with Crippen molar-refractivity contribution in [3.63, 3.8) is 0 Å². The van der Waals surface area contributed by atoms with E-state index in [4.69, 9.17) is 0 Å². The number of rotatable bonds is 4. The van der Waals surface area contributed by atoms with Crippen molar-refractivity contribution >= 4 is 31.1 Å². The Balaban J connectivity index is 2.41. The Labute approximate surface area is 88.1 Å². The summed E-state index contributed by atoms with van der Waals surface area (Å²) < 4.78 is 14.0. The maximum atomic E-state index is 12.7. The van der Waals surface area contributed by atoms with Crippen molar-refractivity contribution in [1.29, 1.82) is 0 Å². The SMILES string of the molecule is Fc1cccc(CC[CH2][Mg][Br])c1. The van der Waals surface area contributed by atoms with Crippen LogP contribution in [-0.2, 0) is 6.42 Å². The quantitative estimate of drug-likeness (QED) is 0.561. The van der Waals surface area contributed by atoms with Crippen molar-refractivity contribution in [2.45, 2.75) is 17.4 Å². The number of benzene rings is 1. The lowest BCUT2D eigenvalue weighted by molar-refractivity contribution is 0.625. The lowest BCUT2D eigenvalue weighted by atomic mass is 10.1. The van der Waals surface area contributed by atoms with E-state index < -0.39 is 0 Å². The predicted molar refractivity (Wildman–Crippen MR) is 54.2 cm³/mol. The van der Waals surface area contributed by atoms with Crippen LogP contribution in [0.5, 0.6) is 0 Å². The summed E-state index contributed by atoms with van der Waals surface area (Å²) >= 11 is 3.51. The molecule has 12 heavy (non-hydrogen) atoms. The number of aryl methyl sites for hydroxylation is 1. The molecule has 0 bridgehead atoms. The molecule has 0 radical (unpaired) electrons. The van der Waals surface area contributed by atoms with Gasteiger partial charge in [0.2, 0.25) is 0 Å². The average molecular weight is 241 g/mol. The molecule has 0 fully saturated rings. The highest BCUT2D eigenvalue weighted by molar-refractivity contribution is 9.23. The minimum absolute atomic E-state index is 0.00717. The van der Waals surface area contributed by atoms with Crippen molar-refractivity contribution < 1.29 is 4.39 Å². The van der Waals surface area contributed by atoms with E-state index in [1.165, 1.54) is 17.0 Å². The van der Waals surface area contributed by atoms with Crippen LogP contribution in [0.1, 0.15) is 12.0 Å². The fourth-order valence-electron chi connectivity index (χ4n) is 1.12. The van der Waals surface area contributed by atoms with Gasteiger partial charge in [0, 0.05) is 0 Å². The van der Waals surface area contributed by atoms with Crippen LogP contribution >= 0.6 is 12.9 Å². The van der Waals surface area contributed by atoms with E-state index in [0.29, 0.717) is 0 Å². The summed E-state index contributed by atoms with van der Waals surface area (Å²) in [6.07, 6.45) is 2.19. The molecule has 0 saturated carbocycles. The first-order valence-corrected chi connectivity index (χ1v) is 9.03. The Bertz CT molecular complexity index is 240. The fourth-order valence-corrected chi connectivity index (χ4v) is 2.74. The molecule has 0 amide bonds. The Morgan fingerprint density at radius 1 is 1.42 bits per heavy atom. The minimum Gasteiger partial charge on any atom is -0.307 e. The number of halogens is 2. The zero-order valence-electron chi connectivity index (χ0n) is 6.89. The van der Waals surface area contributed by atoms with E-state index in [0.717, 1.165) is 12.0 Å². The van der Waals surface area contributed by atoms with Crippen LogP contribution < -0.4 is 0 Å². The zero-order valence-corrected chi connectivity index (χ0v) is 9.89. The molecule has 1 aromatic carbocycles. The highest BCUT2D eigenvalue weighted by Crippen LogP contribution is 2.07. The Morgan fingerprint density at radius 2 is 2.25 bits per heavy atom. The largest absolute Gasteiger partial charge is 0.468 e. The summed E-state index contributed by atoms with van der Waals surface area (Å²) in [6, 6.07) is 6.87. The molecule has 0 aromatic heterocycles. The Kier molecular flexibility index (Phi) is 5.19. The first-order valence-electron chi connectivity index (χ1n) is 4.13. The molecule has 0 aliphatic carbocycles. The van der Waals surface area contributed by atoms with Gasteiger partial charge in [-0.2, -0.15) is 0 Å². The summed E-state index contributed by atoms with van der Waals surface area (Å²) in [6.45, 7) is 0. The second kappa shape index (κ2) is 5.94. The van der Waals surface area contributed by atoms with E-state index in [-0.39, 0.29) is 24.0 Å². The molecular formula is C9H10BrFMg. The number of hydrogen-bond donors (Lipinski definition) is 0. The molecule has 1 aromatic rings. The van der Waals surface area contributed by atoms with Gasteiger partial charge < -0.3 is 12.9 Å². The molecule has 0 atom stereocenters. The van der Waals surface area contributed by atoms with Crippen LogP contribution in [0.15, 0.2) is 24.3 Å². The van der Waals surface area contributed by atoms with Crippen molar-refractivity contribution in [3.05, 3.63) is 35.6 Å². The predicted octanol–water partition coefficient (Wildman–Crippen LogP) is 3.19. The zero-order chi connectivity index (χ0) is 8.81. The lowest BCUT2D eigenvalue weighted by Gasteiger charge is -1.98. The van der Waals surface area contributed by atoms with Crippen LogP contribution in [-0.4, -0.2) is 18.2 Å². The molecule has 0 spiro atoms. The molecule has 3 heteroatoms. The summed E-state index contributed by atoms with van der Waals surface area (Å²) in [5.41, 5.74) is 1.12. The second-order valence-corrected chi connectivity index (χ2v) is 6.24. The monoisotopic (exact) mass is 240 g/mol. The van der Waals surface area contributed by atoms with E-state index in [1.807, 2.05) is 6.07 Å². The van der Waals surface area contributed by atoms with Gasteiger partial charge >= 0.3 is 18.2 Å². The fraction of sp³-hybridized carbons (Fsp3) is 0.333. The van der Waals surface area contributed by atoms with Gasteiger partial charge in [-0.3, -0.25) is 0 Å². The third-order valence-corrected chi connectivity index (χ3v) is 4.19. The molecule has 62 valence electrons. The Morgan fingerprint density at radius 3 is 2.92 bits per heavy atom. The molecule has 0 unspecified atom stereocenters. The van der Waals surface area contributed by atoms with Gasteiger partial charge in [0.05, 0.1) is 0 Å². The van der Waals surface area contributed by atoms with E-state index in [2.05, 4.69) is 12.9 Å². The maximum Gasteiger partial charge on any atom is 0.468 e. The maximum absolute atomic E-state index is 12.7. The van der Waals surface area contributed by atoms with E-state index in [1.54, 1.807) is 12.1 Å². The van der Waals surface area contributed by atoms with E-state index in [9.17, 15) is 4.39 Å². The molecule has 0 aliphatic heterocycles. The van der Waals surface area contributed by atoms with Crippen molar-refractivity contribution in [2.75, 3.05) is 0 Å². The smallest absolute Gasteiger partial charge is 0.307 e. The van der Waals surface area contributed by atoms with Crippen molar-refractivity contribution in [3.8, 4) is 0 Å². The third-order valence-electron chi connectivity index (χ3n) is 1.74. The van der Waals surface area contributed by atoms with Crippen LogP contribution in [0.25, 0.3) is 0 Å². The van der Waals surface area contributed by atoms with Gasteiger partial charge in [0.1, 0.15) is 5.82 Å². The van der Waals surface area contributed by atoms with Gasteiger partial charge in [0.15, 0.2) is 0 Å². The summed E-state index contributed by atoms with van der Waals surface area (Å²) in [5.74, 6) is -0.122. The summed E-state index contributed by atoms with van der Waals surface area (Å²) in [7, 11) is 0. The first kappa shape index (κ1) is 10.5. The van der Waals surface area contributed by atoms with Crippen LogP contribution in [0.2, 0.25) is 4.55 Å². The van der Waals surface area contributed by atoms with Gasteiger partial charge in [-0.05, 0) is 24.1 Å². The van der Waals surface area contributed by atoms with Crippen LogP contribution in [0.3, 0.4) is 0 Å². The van der Waals surface area contributed by atoms with Gasteiger partial charge in [-0.15, -0.1) is 4.55 Å². The van der Waals surface area contributed by atoms with Crippen molar-refractivity contribution in [1.82, 2.24) is 0 Å². The lowest BCUT2D eigenvalue weighted by Crippen LogP contribution is -1.87. The Hall–Kier alpha value is 0.396. The highest BCUT2D eigenvalue weighted by Gasteiger charge is 1.95. The molecular weight excluding hydrogens is 231 g/mol. The highest BCUT2D eigenvalue weighted by atomic mass is 79.9. The minimum atomic E-state index is -0.122. The van der Waals surface area contributed by atoms with Crippen molar-refractivity contribution in [2.24, 2.45) is 0 Å². The molecule has 0 nitrogen and oxygen atoms in total. The van der Waals surface area contributed by atoms with Crippen LogP contribution in [0, 0.1) is 5.82 Å². The normalized spacial score (nSPS) is 9.50. The molecule has 0 heterocycles. The summed E-state index contributed by atoms with van der Waals surface area (Å²) in [4.78, 5) is 0. The van der Waals surface area contributed by atoms with Gasteiger partial charge in [-0.25, -0.2) is 4.39 Å². The molecule has 1 rings (SSSR count). The first-order chi connectivity index (χ1) is 5.83. The molecule has 0 N–H and O–H groups in total. The van der Waals surface area contributed by atoms with Crippen LogP contribution in [0.4, 0.5) is 4.39 Å². The van der Waals surface area contributed by atoms with Gasteiger partial charge in [0.25, 0.3) is 0 Å². The average Bonchev–Trinajstić information content (AvgIpc) is 2.05. The molecule has 0 saturated heterocycles. The third kappa shape index (κ3) is 3.87. The summed E-state index contributed by atoms with van der Waals surface area (Å²) in [5, 5.41) is 0. The second-order valence-electron chi connectivity index (χ2n) is 2.78. The van der Waals surface area contributed by atoms with Gasteiger partial charge in [-0.1, -0.05) is 18.6 Å². The number of hydrogen-bond acceptors (Lipinski definition) is 0.